The monoisotopic (exact) mass is 247 g/mol. The van der Waals surface area contributed by atoms with Crippen molar-refractivity contribution in [1.82, 2.24) is 9.88 Å². The number of nitrogens with zero attached hydrogens (tertiary/aromatic N) is 2. The third-order valence-corrected chi connectivity index (χ3v) is 3.89. The van der Waals surface area contributed by atoms with Crippen molar-refractivity contribution >= 4 is 11.7 Å². The van der Waals surface area contributed by atoms with Gasteiger partial charge in [0.05, 0.1) is 5.56 Å². The number of anilines is 1. The molecule has 1 fully saturated rings. The van der Waals surface area contributed by atoms with Gasteiger partial charge in [0.2, 0.25) is 0 Å². The fourth-order valence-corrected chi connectivity index (χ4v) is 2.68. The van der Waals surface area contributed by atoms with E-state index >= 15 is 0 Å². The van der Waals surface area contributed by atoms with E-state index in [-0.39, 0.29) is 11.9 Å². The predicted octanol–water partition coefficient (Wildman–Crippen LogP) is 2.17. The predicted molar refractivity (Wildman–Crippen MR) is 72.1 cm³/mol. The molecule has 98 valence electrons. The van der Waals surface area contributed by atoms with Crippen molar-refractivity contribution in [3.8, 4) is 0 Å². The second kappa shape index (κ2) is 4.96. The van der Waals surface area contributed by atoms with Gasteiger partial charge in [-0.25, -0.2) is 4.98 Å². The molecule has 0 radical (unpaired) electrons. The third kappa shape index (κ3) is 2.47. The Balaban J connectivity index is 2.19. The summed E-state index contributed by atoms with van der Waals surface area (Å²) in [5.41, 5.74) is 6.16. The molecule has 4 heteroatoms. The minimum Gasteiger partial charge on any atom is -0.384 e. The van der Waals surface area contributed by atoms with E-state index in [9.17, 15) is 4.79 Å². The molecular weight excluding hydrogens is 226 g/mol. The van der Waals surface area contributed by atoms with Gasteiger partial charge >= 0.3 is 0 Å². The average molecular weight is 247 g/mol. The summed E-state index contributed by atoms with van der Waals surface area (Å²) in [6.45, 7) is 7.36. The molecule has 0 spiro atoms. The van der Waals surface area contributed by atoms with E-state index in [4.69, 9.17) is 5.73 Å². The minimum absolute atomic E-state index is 0.0633. The second-order valence-electron chi connectivity index (χ2n) is 5.49. The fraction of sp³-hybridized carbons (Fsp3) is 0.571. The van der Waals surface area contributed by atoms with Gasteiger partial charge in [0, 0.05) is 18.8 Å². The largest absolute Gasteiger partial charge is 0.384 e. The van der Waals surface area contributed by atoms with Gasteiger partial charge in [-0.2, -0.15) is 0 Å². The molecule has 2 rings (SSSR count). The van der Waals surface area contributed by atoms with Gasteiger partial charge in [0.1, 0.15) is 5.82 Å². The van der Waals surface area contributed by atoms with Crippen molar-refractivity contribution in [3.63, 3.8) is 0 Å². The number of amides is 1. The zero-order chi connectivity index (χ0) is 13.3. The highest BCUT2D eigenvalue weighted by atomic mass is 16.2. The van der Waals surface area contributed by atoms with Crippen LogP contribution in [0.1, 0.15) is 37.6 Å². The molecule has 2 heterocycles. The highest BCUT2D eigenvalue weighted by Gasteiger charge is 2.32. The van der Waals surface area contributed by atoms with Crippen LogP contribution in [0.15, 0.2) is 18.3 Å². The zero-order valence-corrected chi connectivity index (χ0v) is 11.3. The number of aromatic nitrogens is 1. The number of likely N-dealkylation sites (tertiary alicyclic amines) is 1. The van der Waals surface area contributed by atoms with Crippen molar-refractivity contribution in [2.75, 3.05) is 12.3 Å². The maximum atomic E-state index is 12.5. The normalized spacial score (nSPS) is 28.2. The second-order valence-corrected chi connectivity index (χ2v) is 5.49. The first-order chi connectivity index (χ1) is 8.49. The van der Waals surface area contributed by atoms with E-state index in [0.717, 1.165) is 6.54 Å². The molecular formula is C14H21N3O. The van der Waals surface area contributed by atoms with Crippen LogP contribution in [0.4, 0.5) is 5.82 Å². The van der Waals surface area contributed by atoms with E-state index < -0.39 is 0 Å². The van der Waals surface area contributed by atoms with E-state index in [0.29, 0.717) is 23.2 Å². The van der Waals surface area contributed by atoms with Crippen LogP contribution in [-0.4, -0.2) is 28.4 Å². The molecule has 1 saturated heterocycles. The number of pyridine rings is 1. The van der Waals surface area contributed by atoms with Crippen LogP contribution in [0, 0.1) is 11.8 Å². The van der Waals surface area contributed by atoms with E-state index in [1.807, 2.05) is 4.90 Å². The molecule has 1 amide bonds. The van der Waals surface area contributed by atoms with Crippen LogP contribution >= 0.6 is 0 Å². The Bertz CT molecular complexity index is 429. The van der Waals surface area contributed by atoms with E-state index in [1.165, 1.54) is 6.42 Å². The Morgan fingerprint density at radius 3 is 2.72 bits per heavy atom. The molecule has 2 N–H and O–H groups in total. The van der Waals surface area contributed by atoms with Gasteiger partial charge in [-0.15, -0.1) is 0 Å². The molecule has 1 aromatic rings. The third-order valence-electron chi connectivity index (χ3n) is 3.89. The molecule has 1 aliphatic rings. The van der Waals surface area contributed by atoms with Crippen LogP contribution in [0.25, 0.3) is 0 Å². The standard InChI is InChI=1S/C14H21N3O/c1-9-6-10(2)11(3)17(8-9)14(18)12-4-5-13(15)16-7-12/h4-5,7,9-11H,6,8H2,1-3H3,(H2,15,16). The van der Waals surface area contributed by atoms with Gasteiger partial charge in [-0.05, 0) is 37.3 Å². The molecule has 0 aromatic carbocycles. The Labute approximate surface area is 108 Å². The van der Waals surface area contributed by atoms with Crippen molar-refractivity contribution in [2.24, 2.45) is 11.8 Å². The smallest absolute Gasteiger partial charge is 0.255 e. The summed E-state index contributed by atoms with van der Waals surface area (Å²) in [6, 6.07) is 3.71. The molecule has 0 bridgehead atoms. The lowest BCUT2D eigenvalue weighted by molar-refractivity contribution is 0.0455. The lowest BCUT2D eigenvalue weighted by Crippen LogP contribution is -2.48. The van der Waals surface area contributed by atoms with Crippen molar-refractivity contribution in [2.45, 2.75) is 33.2 Å². The molecule has 1 aliphatic heterocycles. The van der Waals surface area contributed by atoms with Gasteiger partial charge in [0.25, 0.3) is 5.91 Å². The Morgan fingerprint density at radius 2 is 2.11 bits per heavy atom. The first kappa shape index (κ1) is 12.9. The van der Waals surface area contributed by atoms with Gasteiger partial charge in [-0.1, -0.05) is 13.8 Å². The quantitative estimate of drug-likeness (QED) is 0.827. The van der Waals surface area contributed by atoms with Crippen molar-refractivity contribution < 1.29 is 4.79 Å². The van der Waals surface area contributed by atoms with E-state index in [2.05, 4.69) is 25.8 Å². The summed E-state index contributed by atoms with van der Waals surface area (Å²) >= 11 is 0. The molecule has 3 atom stereocenters. The first-order valence-electron chi connectivity index (χ1n) is 6.51. The lowest BCUT2D eigenvalue weighted by atomic mass is 9.85. The number of nitrogens with two attached hydrogens (primary N) is 1. The van der Waals surface area contributed by atoms with Crippen molar-refractivity contribution in [1.29, 1.82) is 0 Å². The number of carbonyl (C=O) groups is 1. The maximum Gasteiger partial charge on any atom is 0.255 e. The summed E-state index contributed by atoms with van der Waals surface area (Å²) in [5, 5.41) is 0. The first-order valence-corrected chi connectivity index (χ1v) is 6.51. The Morgan fingerprint density at radius 1 is 1.39 bits per heavy atom. The highest BCUT2D eigenvalue weighted by Crippen LogP contribution is 2.28. The molecule has 4 nitrogen and oxygen atoms in total. The minimum atomic E-state index is 0.0633. The summed E-state index contributed by atoms with van der Waals surface area (Å²) in [6.07, 6.45) is 2.75. The summed E-state index contributed by atoms with van der Waals surface area (Å²) in [4.78, 5) is 18.4. The van der Waals surface area contributed by atoms with Gasteiger partial charge < -0.3 is 10.6 Å². The number of carbonyl (C=O) groups excluding carboxylic acids is 1. The van der Waals surface area contributed by atoms with Crippen LogP contribution in [0.2, 0.25) is 0 Å². The van der Waals surface area contributed by atoms with E-state index in [1.54, 1.807) is 18.3 Å². The van der Waals surface area contributed by atoms with Crippen LogP contribution in [0.5, 0.6) is 0 Å². The average Bonchev–Trinajstić information content (AvgIpc) is 2.34. The molecule has 18 heavy (non-hydrogen) atoms. The summed E-state index contributed by atoms with van der Waals surface area (Å²) in [5.74, 6) is 1.61. The lowest BCUT2D eigenvalue weighted by Gasteiger charge is -2.41. The molecule has 1 aromatic heterocycles. The summed E-state index contributed by atoms with van der Waals surface area (Å²) < 4.78 is 0. The number of nitrogen functional groups attached to an aromatic ring is 1. The number of hydrogen-bond acceptors (Lipinski definition) is 3. The zero-order valence-electron chi connectivity index (χ0n) is 11.3. The van der Waals surface area contributed by atoms with Crippen LogP contribution in [-0.2, 0) is 0 Å². The Hall–Kier alpha value is -1.58. The molecule has 0 aliphatic carbocycles. The molecule has 0 saturated carbocycles. The SMILES string of the molecule is CC1CC(C)C(C)N(C(=O)c2ccc(N)nc2)C1. The summed E-state index contributed by atoms with van der Waals surface area (Å²) in [7, 11) is 0. The Kier molecular flexibility index (Phi) is 3.55. The van der Waals surface area contributed by atoms with Gasteiger partial charge in [-0.3, -0.25) is 4.79 Å². The fourth-order valence-electron chi connectivity index (χ4n) is 2.68. The highest BCUT2D eigenvalue weighted by molar-refractivity contribution is 5.94. The maximum absolute atomic E-state index is 12.5. The number of piperidine rings is 1. The van der Waals surface area contributed by atoms with Crippen LogP contribution in [0.3, 0.4) is 0 Å². The topological polar surface area (TPSA) is 59.2 Å². The van der Waals surface area contributed by atoms with Crippen molar-refractivity contribution in [3.05, 3.63) is 23.9 Å². The molecule has 3 unspecified atom stereocenters. The number of hydrogen-bond donors (Lipinski definition) is 1. The number of rotatable bonds is 1. The van der Waals surface area contributed by atoms with Gasteiger partial charge in [0.15, 0.2) is 0 Å². The van der Waals surface area contributed by atoms with Crippen LogP contribution < -0.4 is 5.73 Å².